The van der Waals surface area contributed by atoms with E-state index in [0.29, 0.717) is 0 Å². The van der Waals surface area contributed by atoms with Crippen LogP contribution in [0.25, 0.3) is 22.6 Å². The van der Waals surface area contributed by atoms with E-state index in [1.165, 1.54) is 30.5 Å². The van der Waals surface area contributed by atoms with Gasteiger partial charge in [0.2, 0.25) is 0 Å². The fourth-order valence-corrected chi connectivity index (χ4v) is 5.33. The van der Waals surface area contributed by atoms with Gasteiger partial charge in [-0.25, -0.2) is 4.99 Å². The molecule has 4 aromatic rings. The van der Waals surface area contributed by atoms with Crippen molar-refractivity contribution in [2.75, 3.05) is 0 Å². The lowest BCUT2D eigenvalue weighted by Gasteiger charge is -2.07. The zero-order valence-electron chi connectivity index (χ0n) is 17.5. The number of halogens is 1. The molecule has 0 aliphatic carbocycles. The van der Waals surface area contributed by atoms with Crippen molar-refractivity contribution in [3.05, 3.63) is 69.0 Å². The van der Waals surface area contributed by atoms with Gasteiger partial charge in [-0.05, 0) is 61.7 Å². The van der Waals surface area contributed by atoms with Crippen LogP contribution in [0, 0.1) is 0 Å². The molecule has 1 aliphatic heterocycles. The molecule has 0 fully saturated rings. The smallest absolute Gasteiger partial charge is 0.190 e. The molecule has 0 unspecified atom stereocenters. The maximum atomic E-state index is 4.93. The number of rotatable bonds is 4. The van der Waals surface area contributed by atoms with E-state index in [4.69, 9.17) is 4.99 Å². The molecule has 0 bridgehead atoms. The van der Waals surface area contributed by atoms with Gasteiger partial charge in [-0.15, -0.1) is 21.5 Å². The van der Waals surface area contributed by atoms with E-state index < -0.39 is 0 Å². The molecule has 5 nitrogen and oxygen atoms in total. The number of thiazole rings is 1. The highest BCUT2D eigenvalue weighted by Crippen LogP contribution is 2.26. The second-order valence-electron chi connectivity index (χ2n) is 7.72. The summed E-state index contributed by atoms with van der Waals surface area (Å²) in [6.45, 7) is 4.04. The van der Waals surface area contributed by atoms with E-state index in [1.54, 1.807) is 11.3 Å². The zero-order chi connectivity index (χ0) is 21.2. The molecule has 158 valence electrons. The Morgan fingerprint density at radius 1 is 0.968 bits per heavy atom. The molecule has 7 heteroatoms. The van der Waals surface area contributed by atoms with E-state index in [2.05, 4.69) is 96.1 Å². The van der Waals surface area contributed by atoms with Crippen LogP contribution in [0.15, 0.2) is 63.4 Å². The fourth-order valence-electron chi connectivity index (χ4n) is 4.07. The Morgan fingerprint density at radius 3 is 2.52 bits per heavy atom. The van der Waals surface area contributed by atoms with Crippen molar-refractivity contribution in [3.63, 3.8) is 0 Å². The molecule has 2 aromatic carbocycles. The number of hydrogen-bond donors (Lipinski definition) is 0. The van der Waals surface area contributed by atoms with Crippen molar-refractivity contribution >= 4 is 33.0 Å². The minimum atomic E-state index is 0.873. The first-order chi connectivity index (χ1) is 15.2. The first kappa shape index (κ1) is 20.4. The first-order valence-corrected chi connectivity index (χ1v) is 12.4. The third kappa shape index (κ3) is 4.16. The lowest BCUT2D eigenvalue weighted by molar-refractivity contribution is 0.636. The predicted molar refractivity (Wildman–Crippen MR) is 129 cm³/mol. The third-order valence-electron chi connectivity index (χ3n) is 5.71. The van der Waals surface area contributed by atoms with Gasteiger partial charge >= 0.3 is 0 Å². The molecule has 0 amide bonds. The van der Waals surface area contributed by atoms with Crippen molar-refractivity contribution in [2.45, 2.75) is 45.7 Å². The molecule has 0 N–H and O–H groups in total. The van der Waals surface area contributed by atoms with Crippen LogP contribution >= 0.6 is 27.3 Å². The Morgan fingerprint density at radius 2 is 1.74 bits per heavy atom. The van der Waals surface area contributed by atoms with Crippen LogP contribution in [0.2, 0.25) is 0 Å². The van der Waals surface area contributed by atoms with E-state index in [0.717, 1.165) is 51.7 Å². The summed E-state index contributed by atoms with van der Waals surface area (Å²) in [5.74, 6) is 2.09. The maximum absolute atomic E-state index is 4.93. The third-order valence-corrected chi connectivity index (χ3v) is 7.11. The van der Waals surface area contributed by atoms with Crippen molar-refractivity contribution in [1.82, 2.24) is 19.3 Å². The fraction of sp³-hybridized carbons (Fsp3) is 0.292. The summed E-state index contributed by atoms with van der Waals surface area (Å²) in [6, 6.07) is 16.8. The van der Waals surface area contributed by atoms with Gasteiger partial charge in [0, 0.05) is 34.9 Å². The minimum Gasteiger partial charge on any atom is -0.317 e. The second-order valence-corrected chi connectivity index (χ2v) is 9.47. The number of fused-ring (bicyclic) bond motifs is 1. The van der Waals surface area contributed by atoms with Crippen LogP contribution in [0.4, 0.5) is 5.69 Å². The van der Waals surface area contributed by atoms with E-state index in [9.17, 15) is 0 Å². The Hall–Kier alpha value is -2.51. The molecule has 0 spiro atoms. The van der Waals surface area contributed by atoms with Crippen molar-refractivity contribution in [1.29, 1.82) is 0 Å². The molecular weight excluding hydrogens is 470 g/mol. The van der Waals surface area contributed by atoms with Crippen LogP contribution in [-0.2, 0) is 19.5 Å². The average molecular weight is 494 g/mol. The summed E-state index contributed by atoms with van der Waals surface area (Å²) >= 11 is 5.19. The molecule has 0 radical (unpaired) electrons. The van der Waals surface area contributed by atoms with E-state index >= 15 is 0 Å². The Balaban J connectivity index is 1.46. The van der Waals surface area contributed by atoms with Crippen molar-refractivity contribution in [2.24, 2.45) is 4.99 Å². The zero-order valence-corrected chi connectivity index (χ0v) is 19.9. The highest BCUT2D eigenvalue weighted by Gasteiger charge is 2.16. The second kappa shape index (κ2) is 8.93. The minimum absolute atomic E-state index is 0.873. The summed E-state index contributed by atoms with van der Waals surface area (Å²) < 4.78 is 5.64. The quantitative estimate of drug-likeness (QED) is 0.338. The van der Waals surface area contributed by atoms with Crippen LogP contribution in [0.1, 0.15) is 32.0 Å². The SMILES string of the molecule is CCn1c(-c2ccc(Br)cc2)csc1=Nc1ccc(-c2nnc3n2CCCCC3)cc1. The van der Waals surface area contributed by atoms with Gasteiger partial charge in [0.15, 0.2) is 10.6 Å². The monoisotopic (exact) mass is 493 g/mol. The van der Waals surface area contributed by atoms with E-state index in [1.807, 2.05) is 0 Å². The Kier molecular flexibility index (Phi) is 5.87. The standard InChI is InChI=1S/C24H24BrN5S/c1-2-29-21(17-7-11-19(25)12-8-17)16-31-24(29)26-20-13-9-18(10-14-20)23-28-27-22-6-4-3-5-15-30(22)23/h7-14,16H,2-6,15H2,1H3. The number of hydrogen-bond acceptors (Lipinski definition) is 4. The topological polar surface area (TPSA) is 48.0 Å². The molecule has 3 heterocycles. The van der Waals surface area contributed by atoms with Gasteiger partial charge < -0.3 is 9.13 Å². The summed E-state index contributed by atoms with van der Waals surface area (Å²) in [7, 11) is 0. The highest BCUT2D eigenvalue weighted by atomic mass is 79.9. The summed E-state index contributed by atoms with van der Waals surface area (Å²) in [4.78, 5) is 5.93. The van der Waals surface area contributed by atoms with Crippen LogP contribution in [0.3, 0.4) is 0 Å². The Labute approximate surface area is 194 Å². The Bertz CT molecular complexity index is 1250. The number of aromatic nitrogens is 4. The molecule has 2 aromatic heterocycles. The molecule has 31 heavy (non-hydrogen) atoms. The van der Waals surface area contributed by atoms with Gasteiger partial charge in [0.1, 0.15) is 5.82 Å². The maximum Gasteiger partial charge on any atom is 0.190 e. The van der Waals surface area contributed by atoms with Crippen molar-refractivity contribution in [3.8, 4) is 22.6 Å². The highest BCUT2D eigenvalue weighted by molar-refractivity contribution is 9.10. The number of nitrogens with zero attached hydrogens (tertiary/aromatic N) is 5. The van der Waals surface area contributed by atoms with Gasteiger partial charge in [0.05, 0.1) is 11.4 Å². The lowest BCUT2D eigenvalue weighted by Crippen LogP contribution is -2.14. The molecule has 0 saturated heterocycles. The van der Waals surface area contributed by atoms with Crippen LogP contribution in [-0.4, -0.2) is 19.3 Å². The van der Waals surface area contributed by atoms with Crippen molar-refractivity contribution < 1.29 is 0 Å². The summed E-state index contributed by atoms with van der Waals surface area (Å²) in [5.41, 5.74) is 4.45. The molecule has 0 atom stereocenters. The van der Waals surface area contributed by atoms with Gasteiger partial charge in [-0.2, -0.15) is 0 Å². The van der Waals surface area contributed by atoms with Gasteiger partial charge in [-0.3, -0.25) is 0 Å². The molecular formula is C24H24BrN5S. The molecule has 0 saturated carbocycles. The van der Waals surface area contributed by atoms with Crippen LogP contribution in [0.5, 0.6) is 0 Å². The molecule has 5 rings (SSSR count). The van der Waals surface area contributed by atoms with Crippen LogP contribution < -0.4 is 4.80 Å². The summed E-state index contributed by atoms with van der Waals surface area (Å²) in [6.07, 6.45) is 4.69. The normalized spacial score (nSPS) is 14.5. The number of benzene rings is 2. The average Bonchev–Trinajstić information content (AvgIpc) is 3.31. The lowest BCUT2D eigenvalue weighted by atomic mass is 10.2. The summed E-state index contributed by atoms with van der Waals surface area (Å²) in [5, 5.41) is 11.1. The number of aryl methyl sites for hydroxylation is 1. The molecule has 1 aliphatic rings. The van der Waals surface area contributed by atoms with Gasteiger partial charge in [0.25, 0.3) is 0 Å². The van der Waals surface area contributed by atoms with E-state index in [-0.39, 0.29) is 0 Å². The predicted octanol–water partition coefficient (Wildman–Crippen LogP) is 6.22. The van der Waals surface area contributed by atoms with Gasteiger partial charge in [-0.1, -0.05) is 34.5 Å². The largest absolute Gasteiger partial charge is 0.317 e. The first-order valence-electron chi connectivity index (χ1n) is 10.7.